The second kappa shape index (κ2) is 6.75. The Bertz CT molecular complexity index is 671. The van der Waals surface area contributed by atoms with E-state index in [2.05, 4.69) is 20.2 Å². The highest BCUT2D eigenvalue weighted by Gasteiger charge is 2.14. The summed E-state index contributed by atoms with van der Waals surface area (Å²) in [4.78, 5) is 22.9. The smallest absolute Gasteiger partial charge is 0.256 e. The van der Waals surface area contributed by atoms with E-state index in [0.717, 1.165) is 18.9 Å². The normalized spacial score (nSPS) is 14.7. The maximum absolute atomic E-state index is 12.2. The average molecular weight is 317 g/mol. The number of nitrogens with one attached hydrogen (secondary N) is 1. The van der Waals surface area contributed by atoms with Crippen molar-refractivity contribution >= 4 is 29.1 Å². The minimum atomic E-state index is -0.231. The number of benzene rings is 1. The van der Waals surface area contributed by atoms with E-state index in [0.29, 0.717) is 16.4 Å². The topological polar surface area (TPSA) is 58.1 Å². The van der Waals surface area contributed by atoms with E-state index in [9.17, 15) is 4.79 Å². The molecular formula is C16H17ClN4O. The van der Waals surface area contributed by atoms with Crippen molar-refractivity contribution in [1.82, 2.24) is 9.97 Å². The Kier molecular flexibility index (Phi) is 4.53. The van der Waals surface area contributed by atoms with E-state index < -0.39 is 0 Å². The number of piperidine rings is 1. The van der Waals surface area contributed by atoms with Crippen LogP contribution in [0.5, 0.6) is 0 Å². The number of carbonyl (C=O) groups excluding carboxylic acids is 1. The van der Waals surface area contributed by atoms with Crippen LogP contribution in [-0.2, 0) is 0 Å². The molecule has 22 heavy (non-hydrogen) atoms. The second-order valence-electron chi connectivity index (χ2n) is 5.27. The first-order valence-corrected chi connectivity index (χ1v) is 7.74. The molecule has 3 rings (SSSR count). The summed E-state index contributed by atoms with van der Waals surface area (Å²) in [5, 5.41) is 3.32. The zero-order valence-electron chi connectivity index (χ0n) is 12.1. The third-order valence-corrected chi connectivity index (χ3v) is 3.90. The van der Waals surface area contributed by atoms with Gasteiger partial charge >= 0.3 is 0 Å². The zero-order valence-corrected chi connectivity index (χ0v) is 12.9. The van der Waals surface area contributed by atoms with Gasteiger partial charge in [-0.15, -0.1) is 0 Å². The minimum Gasteiger partial charge on any atom is -0.356 e. The molecule has 0 aliphatic carbocycles. The Morgan fingerprint density at radius 3 is 2.73 bits per heavy atom. The number of hydrogen-bond acceptors (Lipinski definition) is 4. The number of halogens is 1. The van der Waals surface area contributed by atoms with Crippen LogP contribution in [0.3, 0.4) is 0 Å². The molecular weight excluding hydrogens is 300 g/mol. The number of carbonyl (C=O) groups is 1. The fourth-order valence-electron chi connectivity index (χ4n) is 2.53. The van der Waals surface area contributed by atoms with Gasteiger partial charge in [0.25, 0.3) is 5.91 Å². The molecule has 1 aliphatic rings. The van der Waals surface area contributed by atoms with E-state index in [-0.39, 0.29) is 5.91 Å². The fourth-order valence-corrected chi connectivity index (χ4v) is 2.72. The van der Waals surface area contributed by atoms with E-state index in [1.807, 2.05) is 6.07 Å². The van der Waals surface area contributed by atoms with Crippen LogP contribution >= 0.6 is 11.6 Å². The first-order chi connectivity index (χ1) is 10.7. The van der Waals surface area contributed by atoms with Crippen molar-refractivity contribution < 1.29 is 4.79 Å². The highest BCUT2D eigenvalue weighted by atomic mass is 35.5. The van der Waals surface area contributed by atoms with E-state index in [1.165, 1.54) is 25.6 Å². The van der Waals surface area contributed by atoms with Crippen LogP contribution in [0, 0.1) is 0 Å². The molecule has 1 fully saturated rings. The van der Waals surface area contributed by atoms with Crippen molar-refractivity contribution in [1.29, 1.82) is 0 Å². The first-order valence-electron chi connectivity index (χ1n) is 7.36. The summed E-state index contributed by atoms with van der Waals surface area (Å²) in [7, 11) is 0. The number of rotatable bonds is 3. The summed E-state index contributed by atoms with van der Waals surface area (Å²) in [5.41, 5.74) is 0.505. The number of amides is 1. The van der Waals surface area contributed by atoms with Crippen LogP contribution in [0.2, 0.25) is 5.02 Å². The lowest BCUT2D eigenvalue weighted by Gasteiger charge is -2.27. The highest BCUT2D eigenvalue weighted by molar-refractivity contribution is 6.31. The van der Waals surface area contributed by atoms with Crippen LogP contribution in [0.4, 0.5) is 11.6 Å². The second-order valence-corrected chi connectivity index (χ2v) is 5.71. The van der Waals surface area contributed by atoms with Crippen molar-refractivity contribution in [2.45, 2.75) is 19.3 Å². The van der Waals surface area contributed by atoms with Gasteiger partial charge in [-0.2, -0.15) is 0 Å². The molecule has 0 radical (unpaired) electrons. The molecule has 2 aromatic rings. The maximum Gasteiger partial charge on any atom is 0.256 e. The molecule has 0 unspecified atom stereocenters. The van der Waals surface area contributed by atoms with Gasteiger partial charge < -0.3 is 10.2 Å². The molecule has 0 bridgehead atoms. The quantitative estimate of drug-likeness (QED) is 0.943. The monoisotopic (exact) mass is 316 g/mol. The molecule has 1 aromatic carbocycles. The molecule has 6 heteroatoms. The standard InChI is InChI=1S/C16H17ClN4O/c17-13-6-4-5-12(9-13)16(22)20-14-10-15(19-11-18-14)21-7-2-1-3-8-21/h4-6,9-11H,1-3,7-8H2,(H,18,19,20,22). The van der Waals surface area contributed by atoms with Gasteiger partial charge in [0.1, 0.15) is 18.0 Å². The molecule has 114 valence electrons. The molecule has 1 saturated heterocycles. The van der Waals surface area contributed by atoms with Gasteiger partial charge in [0.2, 0.25) is 0 Å². The number of anilines is 2. The Balaban J connectivity index is 1.73. The maximum atomic E-state index is 12.2. The molecule has 0 saturated carbocycles. The Labute approximate surface area is 134 Å². The summed E-state index contributed by atoms with van der Waals surface area (Å²) in [5.74, 6) is 1.13. The first kappa shape index (κ1) is 14.8. The minimum absolute atomic E-state index is 0.231. The lowest BCUT2D eigenvalue weighted by atomic mass is 10.1. The molecule has 0 spiro atoms. The van der Waals surface area contributed by atoms with Crippen LogP contribution < -0.4 is 10.2 Å². The Hall–Kier alpha value is -2.14. The lowest BCUT2D eigenvalue weighted by Crippen LogP contribution is -2.30. The zero-order chi connectivity index (χ0) is 15.4. The molecule has 1 aromatic heterocycles. The number of nitrogens with zero attached hydrogens (tertiary/aromatic N) is 3. The van der Waals surface area contributed by atoms with Gasteiger partial charge in [0.15, 0.2) is 0 Å². The third kappa shape index (κ3) is 3.54. The van der Waals surface area contributed by atoms with Gasteiger partial charge in [-0.05, 0) is 37.5 Å². The summed E-state index contributed by atoms with van der Waals surface area (Å²) in [6.45, 7) is 2.00. The van der Waals surface area contributed by atoms with Crippen molar-refractivity contribution in [3.8, 4) is 0 Å². The van der Waals surface area contributed by atoms with E-state index in [4.69, 9.17) is 11.6 Å². The molecule has 0 atom stereocenters. The van der Waals surface area contributed by atoms with Gasteiger partial charge in [-0.25, -0.2) is 9.97 Å². The highest BCUT2D eigenvalue weighted by Crippen LogP contribution is 2.19. The van der Waals surface area contributed by atoms with Crippen LogP contribution in [0.15, 0.2) is 36.7 Å². The summed E-state index contributed by atoms with van der Waals surface area (Å²) < 4.78 is 0. The van der Waals surface area contributed by atoms with Crippen molar-refractivity contribution in [3.05, 3.63) is 47.2 Å². The Morgan fingerprint density at radius 2 is 1.95 bits per heavy atom. The van der Waals surface area contributed by atoms with Gasteiger partial charge in [-0.1, -0.05) is 17.7 Å². The summed E-state index contributed by atoms with van der Waals surface area (Å²) >= 11 is 5.91. The van der Waals surface area contributed by atoms with Crippen molar-refractivity contribution in [3.63, 3.8) is 0 Å². The molecule has 5 nitrogen and oxygen atoms in total. The van der Waals surface area contributed by atoms with Crippen molar-refractivity contribution in [2.75, 3.05) is 23.3 Å². The number of aromatic nitrogens is 2. The SMILES string of the molecule is O=C(Nc1cc(N2CCCCC2)ncn1)c1cccc(Cl)c1. The molecule has 1 N–H and O–H groups in total. The summed E-state index contributed by atoms with van der Waals surface area (Å²) in [6.07, 6.45) is 5.10. The number of hydrogen-bond donors (Lipinski definition) is 1. The fraction of sp³-hybridized carbons (Fsp3) is 0.312. The third-order valence-electron chi connectivity index (χ3n) is 3.66. The van der Waals surface area contributed by atoms with Crippen LogP contribution in [0.1, 0.15) is 29.6 Å². The summed E-state index contributed by atoms with van der Waals surface area (Å²) in [6, 6.07) is 8.64. The van der Waals surface area contributed by atoms with E-state index in [1.54, 1.807) is 24.3 Å². The lowest BCUT2D eigenvalue weighted by molar-refractivity contribution is 0.102. The van der Waals surface area contributed by atoms with Crippen LogP contribution in [0.25, 0.3) is 0 Å². The average Bonchev–Trinajstić information content (AvgIpc) is 2.56. The molecule has 1 aliphatic heterocycles. The van der Waals surface area contributed by atoms with Gasteiger partial charge in [0, 0.05) is 29.7 Å². The molecule has 1 amide bonds. The van der Waals surface area contributed by atoms with Gasteiger partial charge in [0.05, 0.1) is 0 Å². The largest absolute Gasteiger partial charge is 0.356 e. The van der Waals surface area contributed by atoms with Crippen molar-refractivity contribution in [2.24, 2.45) is 0 Å². The predicted molar refractivity (Wildman–Crippen MR) is 87.5 cm³/mol. The Morgan fingerprint density at radius 1 is 1.14 bits per heavy atom. The predicted octanol–water partition coefficient (Wildman–Crippen LogP) is 3.37. The molecule has 2 heterocycles. The van der Waals surface area contributed by atoms with Gasteiger partial charge in [-0.3, -0.25) is 4.79 Å². The van der Waals surface area contributed by atoms with E-state index >= 15 is 0 Å². The van der Waals surface area contributed by atoms with Crippen LogP contribution in [-0.4, -0.2) is 29.0 Å².